The number of rotatable bonds is 10. The zero-order valence-corrected chi connectivity index (χ0v) is 19.7. The number of hydrogen-bond acceptors (Lipinski definition) is 7. The summed E-state index contributed by atoms with van der Waals surface area (Å²) in [6, 6.07) is 13.2. The van der Waals surface area contributed by atoms with Gasteiger partial charge >= 0.3 is 0 Å². The van der Waals surface area contributed by atoms with Gasteiger partial charge in [-0.15, -0.1) is 5.10 Å². The molecular formula is C24H29N3O4S. The van der Waals surface area contributed by atoms with Gasteiger partial charge in [0.15, 0.2) is 5.17 Å². The second kappa shape index (κ2) is 11.6. The van der Waals surface area contributed by atoms with E-state index in [-0.39, 0.29) is 11.2 Å². The summed E-state index contributed by atoms with van der Waals surface area (Å²) < 4.78 is 15.9. The summed E-state index contributed by atoms with van der Waals surface area (Å²) in [4.78, 5) is 14.8. The van der Waals surface area contributed by atoms with Crippen molar-refractivity contribution in [2.75, 3.05) is 21.3 Å². The quantitative estimate of drug-likeness (QED) is 0.382. The number of thioether (sulfide) groups is 1. The smallest absolute Gasteiger partial charge is 0.242 e. The van der Waals surface area contributed by atoms with Crippen LogP contribution >= 0.6 is 11.8 Å². The van der Waals surface area contributed by atoms with Crippen LogP contribution in [0.3, 0.4) is 0 Å². The van der Waals surface area contributed by atoms with Gasteiger partial charge in [0.05, 0.1) is 39.3 Å². The van der Waals surface area contributed by atoms with Crippen LogP contribution in [0.4, 0.5) is 0 Å². The molecule has 1 atom stereocenters. The summed E-state index contributed by atoms with van der Waals surface area (Å²) >= 11 is 1.48. The van der Waals surface area contributed by atoms with Crippen molar-refractivity contribution in [2.24, 2.45) is 10.2 Å². The molecule has 8 heteroatoms. The topological polar surface area (TPSA) is 72.7 Å². The van der Waals surface area contributed by atoms with Gasteiger partial charge in [-0.2, -0.15) is 5.10 Å². The molecule has 1 fully saturated rings. The van der Waals surface area contributed by atoms with E-state index in [0.29, 0.717) is 23.2 Å². The van der Waals surface area contributed by atoms with Crippen LogP contribution in [0.25, 0.3) is 0 Å². The second-order valence-electron chi connectivity index (χ2n) is 7.26. The zero-order chi connectivity index (χ0) is 22.9. The predicted octanol–water partition coefficient (Wildman–Crippen LogP) is 4.74. The Morgan fingerprint density at radius 3 is 2.41 bits per heavy atom. The van der Waals surface area contributed by atoms with Gasteiger partial charge in [-0.3, -0.25) is 9.69 Å². The summed E-state index contributed by atoms with van der Waals surface area (Å²) in [5.74, 6) is 2.20. The third-order valence-electron chi connectivity index (χ3n) is 5.12. The van der Waals surface area contributed by atoms with Gasteiger partial charge in [-0.25, -0.2) is 0 Å². The van der Waals surface area contributed by atoms with Gasteiger partial charge in [-0.1, -0.05) is 43.7 Å². The van der Waals surface area contributed by atoms with Crippen LogP contribution in [-0.2, 0) is 11.3 Å². The summed E-state index contributed by atoms with van der Waals surface area (Å²) in [5, 5.41) is 9.14. The van der Waals surface area contributed by atoms with E-state index < -0.39 is 0 Å². The number of ether oxygens (including phenoxy) is 3. The molecule has 7 nitrogen and oxygen atoms in total. The van der Waals surface area contributed by atoms with E-state index in [9.17, 15) is 4.79 Å². The fourth-order valence-electron chi connectivity index (χ4n) is 3.28. The molecule has 0 radical (unpaired) electrons. The lowest BCUT2D eigenvalue weighted by molar-refractivity contribution is -0.126. The van der Waals surface area contributed by atoms with E-state index in [4.69, 9.17) is 14.2 Å². The molecule has 0 aliphatic carbocycles. The highest BCUT2D eigenvalue weighted by molar-refractivity contribution is 8.15. The minimum Gasteiger partial charge on any atom is -0.497 e. The number of benzene rings is 2. The average molecular weight is 456 g/mol. The van der Waals surface area contributed by atoms with Crippen molar-refractivity contribution < 1.29 is 19.0 Å². The molecule has 0 spiro atoms. The predicted molar refractivity (Wildman–Crippen MR) is 129 cm³/mol. The molecule has 3 rings (SSSR count). The Labute approximate surface area is 193 Å². The highest BCUT2D eigenvalue weighted by Gasteiger charge is 2.37. The number of carbonyl (C=O) groups excluding carboxylic acids is 1. The first-order chi connectivity index (χ1) is 15.6. The van der Waals surface area contributed by atoms with Gasteiger partial charge in [0.2, 0.25) is 5.91 Å². The average Bonchev–Trinajstić information content (AvgIpc) is 3.12. The highest BCUT2D eigenvalue weighted by Crippen LogP contribution is 2.32. The van der Waals surface area contributed by atoms with Crippen LogP contribution in [0.1, 0.15) is 37.3 Å². The van der Waals surface area contributed by atoms with Gasteiger partial charge in [0.25, 0.3) is 0 Å². The van der Waals surface area contributed by atoms with Crippen molar-refractivity contribution in [3.05, 3.63) is 53.6 Å². The maximum absolute atomic E-state index is 13.1. The SMILES string of the molecule is CCCCC1SC(=NN=Cc2ccc(OC)cc2OC)N(Cc2ccc(OC)cc2)C1=O. The number of amides is 1. The Bertz CT molecular complexity index is 976. The lowest BCUT2D eigenvalue weighted by Gasteiger charge is -2.16. The Kier molecular flexibility index (Phi) is 8.56. The lowest BCUT2D eigenvalue weighted by atomic mass is 10.1. The molecular weight excluding hydrogens is 426 g/mol. The van der Waals surface area contributed by atoms with E-state index in [1.165, 1.54) is 11.8 Å². The minimum absolute atomic E-state index is 0.0789. The number of nitrogens with zero attached hydrogens (tertiary/aromatic N) is 3. The monoisotopic (exact) mass is 455 g/mol. The van der Waals surface area contributed by atoms with Crippen LogP contribution in [0, 0.1) is 0 Å². The molecule has 0 saturated carbocycles. The molecule has 0 aromatic heterocycles. The minimum atomic E-state index is -0.127. The number of unbranched alkanes of at least 4 members (excludes halogenated alkanes) is 1. The van der Waals surface area contributed by atoms with E-state index in [1.807, 2.05) is 36.4 Å². The van der Waals surface area contributed by atoms with Crippen molar-refractivity contribution in [2.45, 2.75) is 38.0 Å². The van der Waals surface area contributed by atoms with Crippen LogP contribution in [0.2, 0.25) is 0 Å². The maximum atomic E-state index is 13.1. The van der Waals surface area contributed by atoms with Gasteiger partial charge in [0, 0.05) is 11.6 Å². The molecule has 1 amide bonds. The van der Waals surface area contributed by atoms with Gasteiger partial charge in [-0.05, 0) is 36.2 Å². The van der Waals surface area contributed by atoms with Gasteiger partial charge < -0.3 is 14.2 Å². The fraction of sp³-hybridized carbons (Fsp3) is 0.375. The molecule has 1 unspecified atom stereocenters. The Balaban J connectivity index is 1.82. The maximum Gasteiger partial charge on any atom is 0.242 e. The summed E-state index contributed by atoms with van der Waals surface area (Å²) in [6.45, 7) is 2.57. The molecule has 0 N–H and O–H groups in total. The van der Waals surface area contributed by atoms with Crippen molar-refractivity contribution >= 4 is 29.1 Å². The molecule has 2 aromatic rings. The molecule has 0 bridgehead atoms. The molecule has 1 saturated heterocycles. The first-order valence-corrected chi connectivity index (χ1v) is 11.4. The van der Waals surface area contributed by atoms with Crippen LogP contribution < -0.4 is 14.2 Å². The summed E-state index contributed by atoms with van der Waals surface area (Å²) in [6.07, 6.45) is 4.50. The van der Waals surface area contributed by atoms with E-state index >= 15 is 0 Å². The third-order valence-corrected chi connectivity index (χ3v) is 6.36. The van der Waals surface area contributed by atoms with Gasteiger partial charge in [0.1, 0.15) is 17.2 Å². The van der Waals surface area contributed by atoms with Crippen LogP contribution in [-0.4, -0.2) is 48.8 Å². The molecule has 2 aromatic carbocycles. The second-order valence-corrected chi connectivity index (χ2v) is 8.43. The van der Waals surface area contributed by atoms with Crippen molar-refractivity contribution in [3.8, 4) is 17.2 Å². The van der Waals surface area contributed by atoms with E-state index in [0.717, 1.165) is 36.1 Å². The zero-order valence-electron chi connectivity index (χ0n) is 18.9. The summed E-state index contributed by atoms with van der Waals surface area (Å²) in [7, 11) is 4.84. The Morgan fingerprint density at radius 1 is 1.03 bits per heavy atom. The fourth-order valence-corrected chi connectivity index (χ4v) is 4.43. The summed E-state index contributed by atoms with van der Waals surface area (Å²) in [5.41, 5.74) is 1.78. The standard InChI is InChI=1S/C24H29N3O4S/c1-5-6-7-22-23(28)27(16-17-8-11-19(29-2)12-9-17)24(32-22)26-25-15-18-10-13-20(30-3)14-21(18)31-4/h8-15,22H,5-7,16H2,1-4H3. The molecule has 1 heterocycles. The van der Waals surface area contributed by atoms with Crippen LogP contribution in [0.5, 0.6) is 17.2 Å². The van der Waals surface area contributed by atoms with E-state index in [2.05, 4.69) is 17.1 Å². The number of carbonyl (C=O) groups is 1. The van der Waals surface area contributed by atoms with Crippen molar-refractivity contribution in [1.82, 2.24) is 4.90 Å². The van der Waals surface area contributed by atoms with E-state index in [1.54, 1.807) is 38.5 Å². The lowest BCUT2D eigenvalue weighted by Crippen LogP contribution is -2.31. The molecule has 1 aliphatic heterocycles. The normalized spacial score (nSPS) is 17.4. The molecule has 32 heavy (non-hydrogen) atoms. The number of methoxy groups -OCH3 is 3. The molecule has 1 aliphatic rings. The molecule has 170 valence electrons. The Hall–Kier alpha value is -3.00. The number of hydrogen-bond donors (Lipinski definition) is 0. The first-order valence-electron chi connectivity index (χ1n) is 10.5. The first kappa shape index (κ1) is 23.7. The third kappa shape index (κ3) is 5.82. The number of amidine groups is 1. The van der Waals surface area contributed by atoms with Crippen molar-refractivity contribution in [1.29, 1.82) is 0 Å². The Morgan fingerprint density at radius 2 is 1.75 bits per heavy atom. The van der Waals surface area contributed by atoms with Crippen molar-refractivity contribution in [3.63, 3.8) is 0 Å². The highest BCUT2D eigenvalue weighted by atomic mass is 32.2. The van der Waals surface area contributed by atoms with Crippen LogP contribution in [0.15, 0.2) is 52.7 Å². The largest absolute Gasteiger partial charge is 0.497 e.